The van der Waals surface area contributed by atoms with Crippen LogP contribution in [0.5, 0.6) is 0 Å². The van der Waals surface area contributed by atoms with E-state index in [0.717, 1.165) is 0 Å². The molecule has 134 valence electrons. The molecule has 2 fully saturated rings. The van der Waals surface area contributed by atoms with E-state index in [0.29, 0.717) is 0 Å². The Hall–Kier alpha value is 0.360. The van der Waals surface area contributed by atoms with Crippen LogP contribution in [-0.2, 0) is 18.1 Å². The quantitative estimate of drug-likeness (QED) is 0.698. The molecule has 0 amide bonds. The van der Waals surface area contributed by atoms with Gasteiger partial charge in [0.05, 0.1) is 0 Å². The van der Waals surface area contributed by atoms with Crippen molar-refractivity contribution in [1.29, 1.82) is 0 Å². The van der Waals surface area contributed by atoms with Crippen LogP contribution in [0, 0.1) is 0 Å². The van der Waals surface area contributed by atoms with E-state index in [2.05, 4.69) is 0 Å². The maximum absolute atomic E-state index is 13.1. The van der Waals surface area contributed by atoms with Crippen molar-refractivity contribution in [3.63, 3.8) is 0 Å². The number of rotatable bonds is 2. The van der Waals surface area contributed by atoms with Crippen LogP contribution in [0.4, 0.5) is 0 Å². The molecule has 0 atom stereocenters. The lowest BCUT2D eigenvalue weighted by atomic mass is 9.90. The molecule has 2 heterocycles. The highest BCUT2D eigenvalue weighted by molar-refractivity contribution is 7.67. The van der Waals surface area contributed by atoms with Crippen molar-refractivity contribution in [3.05, 3.63) is 11.1 Å². The van der Waals surface area contributed by atoms with Crippen LogP contribution >= 0.6 is 15.9 Å². The third-order valence-electron chi connectivity index (χ3n) is 5.08. The molecule has 0 aromatic carbocycles. The first kappa shape index (κ1) is 19.7. The summed E-state index contributed by atoms with van der Waals surface area (Å²) in [6, 6.07) is 0. The Morgan fingerprint density at radius 3 is 1.35 bits per heavy atom. The second-order valence-electron chi connectivity index (χ2n) is 8.21. The van der Waals surface area contributed by atoms with Gasteiger partial charge in [-0.05, 0) is 55.4 Å². The standard InChI is InChI=1S/C15H28O6P2/c1-11(23(17)20-14(6,7)15(8,9)21-23)10-22(16)18-12(2,3)13(4,5)19-22/h10H,1-9H3/b11-10-. The number of allylic oxidation sites excluding steroid dienone is 1. The van der Waals surface area contributed by atoms with Gasteiger partial charge in [-0.15, -0.1) is 0 Å². The molecule has 23 heavy (non-hydrogen) atoms. The lowest BCUT2D eigenvalue weighted by Gasteiger charge is -2.25. The smallest absolute Gasteiger partial charge is 0.272 e. The van der Waals surface area contributed by atoms with Crippen LogP contribution in [0.2, 0.25) is 0 Å². The van der Waals surface area contributed by atoms with Crippen molar-refractivity contribution in [1.82, 2.24) is 0 Å². The summed E-state index contributed by atoms with van der Waals surface area (Å²) in [5.74, 6) is 1.28. The molecule has 6 nitrogen and oxygen atoms in total. The van der Waals surface area contributed by atoms with Gasteiger partial charge in [-0.1, -0.05) is 0 Å². The highest BCUT2D eigenvalue weighted by atomic mass is 31.2. The number of hydrogen-bond acceptors (Lipinski definition) is 6. The molecule has 0 radical (unpaired) electrons. The molecule has 2 aliphatic rings. The largest absolute Gasteiger partial charge is 0.627 e. The molecular weight excluding hydrogens is 338 g/mol. The van der Waals surface area contributed by atoms with Gasteiger partial charge in [0, 0.05) is 6.92 Å². The monoisotopic (exact) mass is 366 g/mol. The van der Waals surface area contributed by atoms with Gasteiger partial charge in [0.2, 0.25) is 0 Å². The lowest BCUT2D eigenvalue weighted by Crippen LogP contribution is -2.41. The van der Waals surface area contributed by atoms with Crippen LogP contribution in [0.3, 0.4) is 0 Å². The fraction of sp³-hybridized carbons (Fsp3) is 0.867. The Labute approximate surface area is 140 Å². The van der Waals surface area contributed by atoms with Gasteiger partial charge in [-0.3, -0.25) is 0 Å². The summed E-state index contributed by atoms with van der Waals surface area (Å²) in [5, 5.41) is 0.244. The van der Waals surface area contributed by atoms with Crippen LogP contribution in [0.1, 0.15) is 62.3 Å². The number of hydrogen-bond donors (Lipinski definition) is 0. The Bertz CT molecular complexity index is 506. The molecule has 2 saturated heterocycles. The van der Waals surface area contributed by atoms with Gasteiger partial charge in [-0.25, -0.2) is 0 Å². The molecule has 0 saturated carbocycles. The van der Waals surface area contributed by atoms with Crippen LogP contribution in [-0.4, -0.2) is 22.4 Å². The van der Waals surface area contributed by atoms with E-state index in [1.54, 1.807) is 6.92 Å². The van der Waals surface area contributed by atoms with E-state index in [-0.39, 0.29) is 5.31 Å². The summed E-state index contributed by atoms with van der Waals surface area (Å²) >= 11 is 0. The molecule has 0 unspecified atom stereocenters. The Balaban J connectivity index is 2.31. The zero-order chi connectivity index (χ0) is 18.1. The van der Waals surface area contributed by atoms with E-state index >= 15 is 0 Å². The van der Waals surface area contributed by atoms with Crippen molar-refractivity contribution in [3.8, 4) is 0 Å². The normalized spacial score (nSPS) is 32.9. The average Bonchev–Trinajstić information content (AvgIpc) is 2.49. The minimum absolute atomic E-state index is 0.244. The fourth-order valence-electron chi connectivity index (χ4n) is 2.21. The molecule has 0 bridgehead atoms. The summed E-state index contributed by atoms with van der Waals surface area (Å²) in [6.45, 7) is 16.1. The molecule has 0 spiro atoms. The van der Waals surface area contributed by atoms with E-state index in [1.807, 2.05) is 55.4 Å². The third-order valence-corrected chi connectivity index (χ3v) is 9.80. The Morgan fingerprint density at radius 1 is 0.696 bits per heavy atom. The van der Waals surface area contributed by atoms with Crippen LogP contribution < -0.4 is 9.79 Å². The molecular formula is C15H28O6P2. The summed E-state index contributed by atoms with van der Waals surface area (Å²) in [4.78, 5) is 26.0. The molecule has 2 aliphatic heterocycles. The predicted octanol–water partition coefficient (Wildman–Crippen LogP) is 3.30. The molecule has 8 heteroatoms. The zero-order valence-electron chi connectivity index (χ0n) is 15.4. The molecule has 0 aromatic heterocycles. The van der Waals surface area contributed by atoms with Gasteiger partial charge in [0.15, 0.2) is 11.1 Å². The first-order chi connectivity index (χ1) is 9.96. The van der Waals surface area contributed by atoms with Crippen molar-refractivity contribution >= 4 is 15.9 Å². The predicted molar refractivity (Wildman–Crippen MR) is 88.3 cm³/mol. The van der Waals surface area contributed by atoms with Crippen molar-refractivity contribution in [2.24, 2.45) is 0 Å². The lowest BCUT2D eigenvalue weighted by molar-refractivity contribution is -0.211. The van der Waals surface area contributed by atoms with Crippen molar-refractivity contribution < 1.29 is 27.9 Å². The fourth-order valence-corrected chi connectivity index (χ4v) is 7.48. The molecule has 2 rings (SSSR count). The molecule has 0 aromatic rings. The zero-order valence-corrected chi connectivity index (χ0v) is 17.2. The second kappa shape index (κ2) is 5.18. The highest BCUT2D eigenvalue weighted by Gasteiger charge is 2.64. The maximum atomic E-state index is 13.1. The van der Waals surface area contributed by atoms with Gasteiger partial charge in [-0.2, -0.15) is 18.1 Å². The first-order valence-corrected chi connectivity index (χ1v) is 10.8. The van der Waals surface area contributed by atoms with Crippen molar-refractivity contribution in [2.75, 3.05) is 0 Å². The molecule has 0 aliphatic carbocycles. The van der Waals surface area contributed by atoms with Gasteiger partial charge < -0.3 is 9.79 Å². The van der Waals surface area contributed by atoms with Crippen LogP contribution in [0.25, 0.3) is 0 Å². The third kappa shape index (κ3) is 3.26. The van der Waals surface area contributed by atoms with E-state index < -0.39 is 38.3 Å². The van der Waals surface area contributed by atoms with E-state index in [9.17, 15) is 9.79 Å². The minimum Gasteiger partial charge on any atom is -0.627 e. The highest BCUT2D eigenvalue weighted by Crippen LogP contribution is 2.75. The maximum Gasteiger partial charge on any atom is 0.272 e. The van der Waals surface area contributed by atoms with Gasteiger partial charge in [0.25, 0.3) is 15.9 Å². The Kier molecular flexibility index (Phi) is 4.44. The van der Waals surface area contributed by atoms with Crippen molar-refractivity contribution in [2.45, 2.75) is 84.7 Å². The van der Waals surface area contributed by atoms with E-state index in [4.69, 9.17) is 18.1 Å². The minimum atomic E-state index is -3.55. The van der Waals surface area contributed by atoms with Gasteiger partial charge in [0.1, 0.15) is 22.4 Å². The average molecular weight is 366 g/mol. The first-order valence-electron chi connectivity index (χ1n) is 7.68. The van der Waals surface area contributed by atoms with Crippen LogP contribution in [0.15, 0.2) is 11.1 Å². The second-order valence-corrected chi connectivity index (χ2v) is 12.0. The summed E-state index contributed by atoms with van der Waals surface area (Å²) < 4.78 is 22.7. The summed E-state index contributed by atoms with van der Waals surface area (Å²) in [5.41, 5.74) is -2.93. The summed E-state index contributed by atoms with van der Waals surface area (Å²) in [6.07, 6.45) is 0. The topological polar surface area (TPSA) is 83.0 Å². The molecule has 0 N–H and O–H groups in total. The Morgan fingerprint density at radius 2 is 1.00 bits per heavy atom. The summed E-state index contributed by atoms with van der Waals surface area (Å²) in [7, 11) is -7.10. The SMILES string of the molecule is C/C(=C/[P+]1([O-])OC(C)(C)C(C)(C)O1)[P+]1([O-])OC(C)(C)C(C)(C)O1. The van der Waals surface area contributed by atoms with Gasteiger partial charge >= 0.3 is 0 Å². The van der Waals surface area contributed by atoms with E-state index in [1.165, 1.54) is 5.82 Å².